The molecule has 1 fully saturated rings. The first-order valence-corrected chi connectivity index (χ1v) is 6.04. The largest absolute Gasteiger partial charge is 0.466 e. The highest BCUT2D eigenvalue weighted by molar-refractivity contribution is 5.72. The number of hydrogen-bond donors (Lipinski definition) is 0. The molecule has 2 nitrogen and oxygen atoms in total. The Morgan fingerprint density at radius 3 is 2.88 bits per heavy atom. The van der Waals surface area contributed by atoms with Crippen molar-refractivity contribution in [1.82, 2.24) is 0 Å². The lowest BCUT2D eigenvalue weighted by atomic mass is 9.79. The number of carbonyl (C=O) groups excluding carboxylic acids is 1. The number of carbonyl (C=O) groups is 1. The van der Waals surface area contributed by atoms with E-state index in [0.717, 1.165) is 11.5 Å². The second-order valence-electron chi connectivity index (χ2n) is 4.35. The van der Waals surface area contributed by atoms with Gasteiger partial charge in [-0.15, -0.1) is 0 Å². The van der Waals surface area contributed by atoms with Crippen molar-refractivity contribution in [3.8, 4) is 0 Å². The molecule has 0 aromatic heterocycles. The smallest absolute Gasteiger partial charge is 0.310 e. The summed E-state index contributed by atoms with van der Waals surface area (Å²) in [6.07, 6.45) is 4.33. The molecule has 1 aliphatic rings. The molecule has 0 atom stereocenters. The summed E-state index contributed by atoms with van der Waals surface area (Å²) in [5.41, 5.74) is 2.45. The van der Waals surface area contributed by atoms with Crippen molar-refractivity contribution in [3.63, 3.8) is 0 Å². The van der Waals surface area contributed by atoms with E-state index in [4.69, 9.17) is 4.74 Å². The van der Waals surface area contributed by atoms with Crippen LogP contribution < -0.4 is 0 Å². The first-order valence-electron chi connectivity index (χ1n) is 6.04. The summed E-state index contributed by atoms with van der Waals surface area (Å²) in [5, 5.41) is 0. The van der Waals surface area contributed by atoms with Crippen LogP contribution in [0, 0.1) is 0 Å². The topological polar surface area (TPSA) is 26.3 Å². The Hall–Kier alpha value is -1.31. The van der Waals surface area contributed by atoms with Crippen LogP contribution in [0.25, 0.3) is 0 Å². The molecule has 0 unspecified atom stereocenters. The zero-order valence-corrected chi connectivity index (χ0v) is 9.74. The normalized spacial score (nSPS) is 15.6. The second-order valence-corrected chi connectivity index (χ2v) is 4.35. The number of rotatable bonds is 4. The molecule has 16 heavy (non-hydrogen) atoms. The van der Waals surface area contributed by atoms with Crippen LogP contribution in [-0.4, -0.2) is 12.6 Å². The minimum atomic E-state index is -0.131. The molecule has 0 N–H and O–H groups in total. The monoisotopic (exact) mass is 218 g/mol. The van der Waals surface area contributed by atoms with Gasteiger partial charge in [-0.1, -0.05) is 30.7 Å². The van der Waals surface area contributed by atoms with Crippen LogP contribution in [0.15, 0.2) is 24.3 Å². The van der Waals surface area contributed by atoms with Gasteiger partial charge in [0, 0.05) is 0 Å². The molecule has 0 heterocycles. The summed E-state index contributed by atoms with van der Waals surface area (Å²) in [4.78, 5) is 11.4. The Morgan fingerprint density at radius 1 is 1.44 bits per heavy atom. The Kier molecular flexibility index (Phi) is 3.60. The van der Waals surface area contributed by atoms with Gasteiger partial charge in [-0.05, 0) is 36.8 Å². The van der Waals surface area contributed by atoms with E-state index in [1.54, 1.807) is 0 Å². The van der Waals surface area contributed by atoms with Crippen molar-refractivity contribution >= 4 is 5.97 Å². The first-order chi connectivity index (χ1) is 7.79. The molecular weight excluding hydrogens is 200 g/mol. The van der Waals surface area contributed by atoms with Crippen molar-refractivity contribution in [2.24, 2.45) is 0 Å². The number of hydrogen-bond acceptors (Lipinski definition) is 2. The molecule has 2 heteroatoms. The van der Waals surface area contributed by atoms with Crippen LogP contribution in [0.3, 0.4) is 0 Å². The number of ether oxygens (including phenoxy) is 1. The van der Waals surface area contributed by atoms with Gasteiger partial charge in [0.1, 0.15) is 0 Å². The van der Waals surface area contributed by atoms with E-state index in [0.29, 0.717) is 13.0 Å². The third-order valence-corrected chi connectivity index (χ3v) is 3.18. The summed E-state index contributed by atoms with van der Waals surface area (Å²) in [7, 11) is 0. The standard InChI is InChI=1S/C14H18O2/c1-2-16-14(15)10-11-5-3-8-13(9-11)12-6-4-7-12/h3,5,8-9,12H,2,4,6-7,10H2,1H3. The van der Waals surface area contributed by atoms with Crippen LogP contribution >= 0.6 is 0 Å². The zero-order chi connectivity index (χ0) is 11.4. The van der Waals surface area contributed by atoms with Gasteiger partial charge in [0.05, 0.1) is 13.0 Å². The van der Waals surface area contributed by atoms with Gasteiger partial charge in [0.15, 0.2) is 0 Å². The third-order valence-electron chi connectivity index (χ3n) is 3.18. The van der Waals surface area contributed by atoms with Gasteiger partial charge < -0.3 is 4.74 Å². The average Bonchev–Trinajstić information content (AvgIpc) is 2.15. The van der Waals surface area contributed by atoms with Crippen molar-refractivity contribution in [3.05, 3.63) is 35.4 Å². The summed E-state index contributed by atoms with van der Waals surface area (Å²) in [5.74, 6) is 0.593. The van der Waals surface area contributed by atoms with Crippen LogP contribution in [-0.2, 0) is 16.0 Å². The Bertz CT molecular complexity index is 367. The molecule has 0 saturated heterocycles. The van der Waals surface area contributed by atoms with Gasteiger partial charge in [0.2, 0.25) is 0 Å². The fourth-order valence-electron chi connectivity index (χ4n) is 2.08. The van der Waals surface area contributed by atoms with E-state index < -0.39 is 0 Å². The quantitative estimate of drug-likeness (QED) is 0.726. The summed E-state index contributed by atoms with van der Waals surface area (Å²) in [6, 6.07) is 8.36. The van der Waals surface area contributed by atoms with E-state index in [9.17, 15) is 4.79 Å². The fraction of sp³-hybridized carbons (Fsp3) is 0.500. The van der Waals surface area contributed by atoms with Crippen LogP contribution in [0.1, 0.15) is 43.2 Å². The molecule has 0 bridgehead atoms. The lowest BCUT2D eigenvalue weighted by Gasteiger charge is -2.26. The predicted octanol–water partition coefficient (Wildman–Crippen LogP) is 3.06. The van der Waals surface area contributed by atoms with E-state index in [1.807, 2.05) is 19.1 Å². The predicted molar refractivity (Wildman–Crippen MR) is 63.4 cm³/mol. The summed E-state index contributed by atoms with van der Waals surface area (Å²) in [6.45, 7) is 2.30. The molecule has 1 aliphatic carbocycles. The first kappa shape index (κ1) is 11.2. The van der Waals surface area contributed by atoms with E-state index in [-0.39, 0.29) is 5.97 Å². The molecule has 1 aromatic carbocycles. The number of esters is 1. The van der Waals surface area contributed by atoms with Crippen molar-refractivity contribution < 1.29 is 9.53 Å². The highest BCUT2D eigenvalue weighted by Crippen LogP contribution is 2.36. The van der Waals surface area contributed by atoms with Gasteiger partial charge in [-0.25, -0.2) is 0 Å². The third kappa shape index (κ3) is 2.63. The highest BCUT2D eigenvalue weighted by atomic mass is 16.5. The maximum Gasteiger partial charge on any atom is 0.310 e. The molecule has 0 radical (unpaired) electrons. The number of benzene rings is 1. The lowest BCUT2D eigenvalue weighted by molar-refractivity contribution is -0.142. The molecule has 0 aliphatic heterocycles. The minimum absolute atomic E-state index is 0.131. The molecule has 1 saturated carbocycles. The van der Waals surface area contributed by atoms with Gasteiger partial charge in [-0.2, -0.15) is 0 Å². The van der Waals surface area contributed by atoms with Crippen molar-refractivity contribution in [1.29, 1.82) is 0 Å². The maximum atomic E-state index is 11.4. The molecular formula is C14H18O2. The average molecular weight is 218 g/mol. The van der Waals surface area contributed by atoms with E-state index in [1.165, 1.54) is 24.8 Å². The van der Waals surface area contributed by atoms with E-state index in [2.05, 4.69) is 12.1 Å². The SMILES string of the molecule is CCOC(=O)Cc1cccc(C2CCC2)c1. The lowest BCUT2D eigenvalue weighted by Crippen LogP contribution is -2.10. The van der Waals surface area contributed by atoms with Gasteiger partial charge in [0.25, 0.3) is 0 Å². The fourth-order valence-corrected chi connectivity index (χ4v) is 2.08. The van der Waals surface area contributed by atoms with Gasteiger partial charge in [-0.3, -0.25) is 4.79 Å². The van der Waals surface area contributed by atoms with Crippen molar-refractivity contribution in [2.45, 2.75) is 38.5 Å². The molecule has 1 aromatic rings. The maximum absolute atomic E-state index is 11.4. The van der Waals surface area contributed by atoms with Crippen LogP contribution in [0.4, 0.5) is 0 Å². The zero-order valence-electron chi connectivity index (χ0n) is 9.74. The molecule has 0 amide bonds. The van der Waals surface area contributed by atoms with E-state index >= 15 is 0 Å². The Morgan fingerprint density at radius 2 is 2.25 bits per heavy atom. The highest BCUT2D eigenvalue weighted by Gasteiger charge is 2.19. The Balaban J connectivity index is 2.01. The molecule has 86 valence electrons. The summed E-state index contributed by atoms with van der Waals surface area (Å²) < 4.78 is 4.95. The minimum Gasteiger partial charge on any atom is -0.466 e. The van der Waals surface area contributed by atoms with Crippen LogP contribution in [0.2, 0.25) is 0 Å². The van der Waals surface area contributed by atoms with Crippen molar-refractivity contribution in [2.75, 3.05) is 6.61 Å². The van der Waals surface area contributed by atoms with Crippen LogP contribution in [0.5, 0.6) is 0 Å². The summed E-state index contributed by atoms with van der Waals surface area (Å²) >= 11 is 0. The second kappa shape index (κ2) is 5.15. The molecule has 0 spiro atoms. The van der Waals surface area contributed by atoms with Gasteiger partial charge >= 0.3 is 5.97 Å². The molecule has 2 rings (SSSR count). The Labute approximate surface area is 96.6 Å².